The van der Waals surface area contributed by atoms with Gasteiger partial charge in [-0.3, -0.25) is 9.89 Å². The first-order chi connectivity index (χ1) is 11.6. The Kier molecular flexibility index (Phi) is 5.15. The Morgan fingerprint density at radius 1 is 1.46 bits per heavy atom. The molecule has 128 valence electrons. The molecule has 2 heterocycles. The van der Waals surface area contributed by atoms with E-state index in [9.17, 15) is 4.79 Å². The molecule has 0 radical (unpaired) electrons. The molecule has 0 aliphatic carbocycles. The van der Waals surface area contributed by atoms with Crippen molar-refractivity contribution >= 4 is 5.91 Å². The number of hydrogen-bond acceptors (Lipinski definition) is 4. The Hall–Kier alpha value is -2.34. The average Bonchev–Trinajstić information content (AvgIpc) is 3.23. The van der Waals surface area contributed by atoms with Gasteiger partial charge in [-0.1, -0.05) is 12.1 Å². The Morgan fingerprint density at radius 2 is 2.33 bits per heavy atom. The molecular formula is C18H23N3O3. The monoisotopic (exact) mass is 329 g/mol. The number of amides is 1. The van der Waals surface area contributed by atoms with Crippen LogP contribution in [0.1, 0.15) is 33.6 Å². The van der Waals surface area contributed by atoms with E-state index >= 15 is 0 Å². The number of carbonyl (C=O) groups excluding carboxylic acids is 1. The third-order valence-corrected chi connectivity index (χ3v) is 4.24. The van der Waals surface area contributed by atoms with Crippen LogP contribution < -0.4 is 10.1 Å². The summed E-state index contributed by atoms with van der Waals surface area (Å²) in [7, 11) is 0. The van der Waals surface area contributed by atoms with Crippen molar-refractivity contribution in [2.75, 3.05) is 19.8 Å². The Bertz CT molecular complexity index is 705. The third-order valence-electron chi connectivity index (χ3n) is 4.24. The average molecular weight is 329 g/mol. The molecule has 3 rings (SSSR count). The van der Waals surface area contributed by atoms with Gasteiger partial charge in [-0.15, -0.1) is 0 Å². The molecule has 0 saturated carbocycles. The molecule has 1 aromatic carbocycles. The van der Waals surface area contributed by atoms with Gasteiger partial charge in [-0.05, 0) is 31.9 Å². The normalized spacial score (nSPS) is 17.0. The summed E-state index contributed by atoms with van der Waals surface area (Å²) in [6, 6.07) is 6.04. The maximum absolute atomic E-state index is 12.2. The lowest BCUT2D eigenvalue weighted by Gasteiger charge is -2.15. The van der Waals surface area contributed by atoms with Gasteiger partial charge < -0.3 is 14.8 Å². The fourth-order valence-electron chi connectivity index (χ4n) is 2.71. The van der Waals surface area contributed by atoms with E-state index < -0.39 is 0 Å². The molecule has 1 unspecified atom stereocenters. The SMILES string of the molecule is Cc1ccc(CNC(=O)c2cn[nH]c2C)c(OCC2CCOC2)c1. The van der Waals surface area contributed by atoms with Gasteiger partial charge in [0.15, 0.2) is 0 Å². The van der Waals surface area contributed by atoms with E-state index in [4.69, 9.17) is 9.47 Å². The summed E-state index contributed by atoms with van der Waals surface area (Å²) in [5.41, 5.74) is 3.42. The maximum Gasteiger partial charge on any atom is 0.255 e. The number of nitrogens with zero attached hydrogens (tertiary/aromatic N) is 1. The number of carbonyl (C=O) groups is 1. The summed E-state index contributed by atoms with van der Waals surface area (Å²) in [5.74, 6) is 1.13. The van der Waals surface area contributed by atoms with Gasteiger partial charge in [0, 0.05) is 30.3 Å². The van der Waals surface area contributed by atoms with Gasteiger partial charge in [0.2, 0.25) is 0 Å². The number of aromatic amines is 1. The van der Waals surface area contributed by atoms with Gasteiger partial charge in [0.25, 0.3) is 5.91 Å². The minimum atomic E-state index is -0.142. The standard InChI is InChI=1S/C18H23N3O3/c1-12-3-4-15(8-19-18(22)16-9-20-21-13(16)2)17(7-12)24-11-14-5-6-23-10-14/h3-4,7,9,14H,5-6,8,10-11H2,1-2H3,(H,19,22)(H,20,21). The maximum atomic E-state index is 12.2. The summed E-state index contributed by atoms with van der Waals surface area (Å²) in [5, 5.41) is 9.58. The third kappa shape index (κ3) is 3.94. The van der Waals surface area contributed by atoms with Crippen molar-refractivity contribution in [2.24, 2.45) is 5.92 Å². The summed E-state index contributed by atoms with van der Waals surface area (Å²) in [4.78, 5) is 12.2. The van der Waals surface area contributed by atoms with E-state index in [1.54, 1.807) is 0 Å². The molecular weight excluding hydrogens is 306 g/mol. The lowest BCUT2D eigenvalue weighted by molar-refractivity contribution is 0.0950. The van der Waals surface area contributed by atoms with Crippen LogP contribution >= 0.6 is 0 Å². The highest BCUT2D eigenvalue weighted by atomic mass is 16.5. The van der Waals surface area contributed by atoms with Crippen molar-refractivity contribution < 1.29 is 14.3 Å². The smallest absolute Gasteiger partial charge is 0.255 e. The number of H-pyrrole nitrogens is 1. The topological polar surface area (TPSA) is 76.2 Å². The highest BCUT2D eigenvalue weighted by Crippen LogP contribution is 2.22. The number of aryl methyl sites for hydroxylation is 2. The molecule has 1 aliphatic rings. The summed E-state index contributed by atoms with van der Waals surface area (Å²) < 4.78 is 11.4. The minimum absolute atomic E-state index is 0.142. The van der Waals surface area contributed by atoms with Gasteiger partial charge in [0.05, 0.1) is 25.0 Å². The van der Waals surface area contributed by atoms with Crippen molar-refractivity contribution in [3.05, 3.63) is 46.8 Å². The first kappa shape index (κ1) is 16.5. The molecule has 6 nitrogen and oxygen atoms in total. The molecule has 6 heteroatoms. The first-order valence-electron chi connectivity index (χ1n) is 8.21. The second-order valence-electron chi connectivity index (χ2n) is 6.24. The predicted molar refractivity (Wildman–Crippen MR) is 90.1 cm³/mol. The van der Waals surface area contributed by atoms with E-state index in [0.717, 1.165) is 42.2 Å². The quantitative estimate of drug-likeness (QED) is 0.853. The van der Waals surface area contributed by atoms with Crippen LogP contribution in [0.4, 0.5) is 0 Å². The van der Waals surface area contributed by atoms with Crippen LogP contribution in [0.25, 0.3) is 0 Å². The highest BCUT2D eigenvalue weighted by molar-refractivity contribution is 5.94. The van der Waals surface area contributed by atoms with Crippen LogP contribution in [0.5, 0.6) is 5.75 Å². The molecule has 24 heavy (non-hydrogen) atoms. The summed E-state index contributed by atoms with van der Waals surface area (Å²) in [6.45, 7) is 6.49. The highest BCUT2D eigenvalue weighted by Gasteiger charge is 2.17. The number of rotatable bonds is 6. The first-order valence-corrected chi connectivity index (χ1v) is 8.21. The summed E-state index contributed by atoms with van der Waals surface area (Å²) in [6.07, 6.45) is 2.58. The van der Waals surface area contributed by atoms with Crippen LogP contribution in [-0.4, -0.2) is 35.9 Å². The molecule has 1 amide bonds. The van der Waals surface area contributed by atoms with Crippen molar-refractivity contribution in [1.82, 2.24) is 15.5 Å². The number of ether oxygens (including phenoxy) is 2. The molecule has 1 atom stereocenters. The molecule has 1 aromatic heterocycles. The second kappa shape index (κ2) is 7.49. The Morgan fingerprint density at radius 3 is 3.04 bits per heavy atom. The van der Waals surface area contributed by atoms with E-state index in [1.165, 1.54) is 6.20 Å². The second-order valence-corrected chi connectivity index (χ2v) is 6.24. The zero-order chi connectivity index (χ0) is 16.9. The van der Waals surface area contributed by atoms with Gasteiger partial charge in [-0.25, -0.2) is 0 Å². The van der Waals surface area contributed by atoms with Crippen LogP contribution in [0.2, 0.25) is 0 Å². The van der Waals surface area contributed by atoms with Gasteiger partial charge in [-0.2, -0.15) is 5.10 Å². The van der Waals surface area contributed by atoms with E-state index in [-0.39, 0.29) is 5.91 Å². The van der Waals surface area contributed by atoms with E-state index in [1.807, 2.05) is 32.0 Å². The van der Waals surface area contributed by atoms with Crippen LogP contribution in [-0.2, 0) is 11.3 Å². The predicted octanol–water partition coefficient (Wildman–Crippen LogP) is 2.37. The molecule has 2 N–H and O–H groups in total. The van der Waals surface area contributed by atoms with Gasteiger partial charge >= 0.3 is 0 Å². The molecule has 2 aromatic rings. The van der Waals surface area contributed by atoms with Crippen molar-refractivity contribution in [1.29, 1.82) is 0 Å². The minimum Gasteiger partial charge on any atom is -0.493 e. The molecule has 1 aliphatic heterocycles. The number of hydrogen-bond donors (Lipinski definition) is 2. The Balaban J connectivity index is 1.63. The summed E-state index contributed by atoms with van der Waals surface area (Å²) >= 11 is 0. The fraction of sp³-hybridized carbons (Fsp3) is 0.444. The molecule has 1 fully saturated rings. The van der Waals surface area contributed by atoms with E-state index in [0.29, 0.717) is 24.6 Å². The molecule has 0 spiro atoms. The van der Waals surface area contributed by atoms with Crippen molar-refractivity contribution in [2.45, 2.75) is 26.8 Å². The largest absolute Gasteiger partial charge is 0.493 e. The number of aromatic nitrogens is 2. The lowest BCUT2D eigenvalue weighted by atomic mass is 10.1. The number of benzene rings is 1. The Labute approximate surface area is 141 Å². The van der Waals surface area contributed by atoms with Crippen molar-refractivity contribution in [3.63, 3.8) is 0 Å². The van der Waals surface area contributed by atoms with Crippen LogP contribution in [0, 0.1) is 19.8 Å². The number of nitrogens with one attached hydrogen (secondary N) is 2. The van der Waals surface area contributed by atoms with Crippen LogP contribution in [0.3, 0.4) is 0 Å². The fourth-order valence-corrected chi connectivity index (χ4v) is 2.71. The van der Waals surface area contributed by atoms with Crippen LogP contribution in [0.15, 0.2) is 24.4 Å². The lowest BCUT2D eigenvalue weighted by Crippen LogP contribution is -2.23. The zero-order valence-corrected chi connectivity index (χ0v) is 14.1. The van der Waals surface area contributed by atoms with Gasteiger partial charge in [0.1, 0.15) is 5.75 Å². The zero-order valence-electron chi connectivity index (χ0n) is 14.1. The molecule has 0 bridgehead atoms. The van der Waals surface area contributed by atoms with Crippen molar-refractivity contribution in [3.8, 4) is 5.75 Å². The molecule has 1 saturated heterocycles. The van der Waals surface area contributed by atoms with E-state index in [2.05, 4.69) is 15.5 Å².